The second kappa shape index (κ2) is 9.19. The standard InChI is InChI=1S/C29H23ClN6O/c1-3-27(37)36(2)26-11-10-18(15-31-26)19-13-23-28(34-35-29(23)32-16-19)25-14-22-21(8-5-9-24(22)33-25)17-6-4-7-20(30)12-17/h4-16,33H,3H2,1-2H3,(H,32,34,35). The Morgan fingerprint density at radius 3 is 2.54 bits per heavy atom. The maximum Gasteiger partial charge on any atom is 0.227 e. The van der Waals surface area contributed by atoms with E-state index in [9.17, 15) is 4.79 Å². The summed E-state index contributed by atoms with van der Waals surface area (Å²) in [6.07, 6.45) is 3.97. The summed E-state index contributed by atoms with van der Waals surface area (Å²) in [4.78, 5) is 26.1. The van der Waals surface area contributed by atoms with Gasteiger partial charge in [-0.05, 0) is 53.6 Å². The molecule has 4 aromatic heterocycles. The molecule has 0 saturated heterocycles. The highest BCUT2D eigenvalue weighted by molar-refractivity contribution is 6.31. The number of carbonyl (C=O) groups excluding carboxylic acids is 1. The molecule has 2 N–H and O–H groups in total. The highest BCUT2D eigenvalue weighted by Gasteiger charge is 2.15. The molecule has 37 heavy (non-hydrogen) atoms. The number of halogens is 1. The van der Waals surface area contributed by atoms with Crippen LogP contribution < -0.4 is 4.90 Å². The molecular formula is C29H23ClN6O. The second-order valence-electron chi connectivity index (χ2n) is 8.87. The molecule has 6 aromatic rings. The van der Waals surface area contributed by atoms with Gasteiger partial charge >= 0.3 is 0 Å². The van der Waals surface area contributed by atoms with Gasteiger partial charge in [0.1, 0.15) is 5.82 Å². The summed E-state index contributed by atoms with van der Waals surface area (Å²) in [5.74, 6) is 0.630. The third-order valence-electron chi connectivity index (χ3n) is 6.58. The Labute approximate surface area is 218 Å². The molecular weight excluding hydrogens is 484 g/mol. The van der Waals surface area contributed by atoms with Gasteiger partial charge in [0.05, 0.1) is 11.4 Å². The molecule has 0 radical (unpaired) electrons. The molecule has 0 atom stereocenters. The highest BCUT2D eigenvalue weighted by atomic mass is 35.5. The van der Waals surface area contributed by atoms with E-state index in [0.29, 0.717) is 22.9 Å². The molecule has 0 saturated carbocycles. The largest absolute Gasteiger partial charge is 0.353 e. The van der Waals surface area contributed by atoms with Gasteiger partial charge in [-0.3, -0.25) is 14.8 Å². The van der Waals surface area contributed by atoms with Crippen molar-refractivity contribution < 1.29 is 4.79 Å². The lowest BCUT2D eigenvalue weighted by Crippen LogP contribution is -2.25. The number of carbonyl (C=O) groups is 1. The molecule has 2 aromatic carbocycles. The smallest absolute Gasteiger partial charge is 0.227 e. The van der Waals surface area contributed by atoms with Gasteiger partial charge in [0.2, 0.25) is 5.91 Å². The zero-order valence-electron chi connectivity index (χ0n) is 20.3. The molecule has 0 aliphatic rings. The Hall–Kier alpha value is -4.49. The summed E-state index contributed by atoms with van der Waals surface area (Å²) < 4.78 is 0. The van der Waals surface area contributed by atoms with Crippen molar-refractivity contribution in [2.45, 2.75) is 13.3 Å². The molecule has 0 bridgehead atoms. The topological polar surface area (TPSA) is 90.6 Å². The minimum Gasteiger partial charge on any atom is -0.353 e. The van der Waals surface area contributed by atoms with Crippen LogP contribution in [0.1, 0.15) is 13.3 Å². The van der Waals surface area contributed by atoms with Crippen molar-refractivity contribution in [2.24, 2.45) is 0 Å². The minimum absolute atomic E-state index is 0.0169. The maximum atomic E-state index is 12.0. The first-order valence-electron chi connectivity index (χ1n) is 12.0. The molecule has 182 valence electrons. The number of benzene rings is 2. The van der Waals surface area contributed by atoms with Gasteiger partial charge in [-0.15, -0.1) is 0 Å². The maximum absolute atomic E-state index is 12.0. The fourth-order valence-electron chi connectivity index (χ4n) is 4.58. The van der Waals surface area contributed by atoms with Crippen molar-refractivity contribution in [3.05, 3.63) is 84.1 Å². The predicted molar refractivity (Wildman–Crippen MR) is 149 cm³/mol. The molecule has 0 unspecified atom stereocenters. The van der Waals surface area contributed by atoms with Gasteiger partial charge in [-0.1, -0.05) is 42.8 Å². The van der Waals surface area contributed by atoms with Crippen molar-refractivity contribution in [2.75, 3.05) is 11.9 Å². The van der Waals surface area contributed by atoms with Crippen LogP contribution in [0.5, 0.6) is 0 Å². The number of nitrogens with one attached hydrogen (secondary N) is 2. The summed E-state index contributed by atoms with van der Waals surface area (Å²) in [6, 6.07) is 22.0. The summed E-state index contributed by atoms with van der Waals surface area (Å²) >= 11 is 6.26. The number of fused-ring (bicyclic) bond motifs is 2. The number of amides is 1. The number of aromatic amines is 2. The van der Waals surface area contributed by atoms with Crippen LogP contribution in [0.15, 0.2) is 79.1 Å². The quantitative estimate of drug-likeness (QED) is 0.267. The van der Waals surface area contributed by atoms with Crippen molar-refractivity contribution in [1.29, 1.82) is 0 Å². The van der Waals surface area contributed by atoms with E-state index >= 15 is 0 Å². The van der Waals surface area contributed by atoms with Gasteiger partial charge in [0.25, 0.3) is 0 Å². The number of H-pyrrole nitrogens is 2. The lowest BCUT2D eigenvalue weighted by atomic mass is 10.0. The lowest BCUT2D eigenvalue weighted by molar-refractivity contribution is -0.118. The molecule has 0 aliphatic heterocycles. The van der Waals surface area contributed by atoms with E-state index in [1.807, 2.05) is 43.3 Å². The van der Waals surface area contributed by atoms with Crippen molar-refractivity contribution in [3.8, 4) is 33.6 Å². The predicted octanol–water partition coefficient (Wildman–Crippen LogP) is 6.86. The first-order chi connectivity index (χ1) is 18.0. The number of pyridine rings is 2. The minimum atomic E-state index is 0.0169. The Morgan fingerprint density at radius 2 is 1.76 bits per heavy atom. The molecule has 0 spiro atoms. The Morgan fingerprint density at radius 1 is 0.919 bits per heavy atom. The summed E-state index contributed by atoms with van der Waals surface area (Å²) in [7, 11) is 1.73. The Bertz CT molecular complexity index is 1770. The van der Waals surface area contributed by atoms with Crippen LogP contribution in [0.4, 0.5) is 5.82 Å². The van der Waals surface area contributed by atoms with Gasteiger partial charge in [-0.25, -0.2) is 9.97 Å². The number of hydrogen-bond donors (Lipinski definition) is 2. The summed E-state index contributed by atoms with van der Waals surface area (Å²) in [5.41, 5.74) is 7.40. The van der Waals surface area contributed by atoms with Gasteiger partial charge in [0, 0.05) is 58.3 Å². The van der Waals surface area contributed by atoms with Crippen LogP contribution in [0.25, 0.3) is 55.6 Å². The van der Waals surface area contributed by atoms with Crippen molar-refractivity contribution >= 4 is 45.3 Å². The van der Waals surface area contributed by atoms with Crippen molar-refractivity contribution in [1.82, 2.24) is 25.1 Å². The number of hydrogen-bond acceptors (Lipinski definition) is 4. The van der Waals surface area contributed by atoms with E-state index < -0.39 is 0 Å². The Balaban J connectivity index is 1.40. The zero-order chi connectivity index (χ0) is 25.5. The van der Waals surface area contributed by atoms with Crippen LogP contribution in [-0.4, -0.2) is 38.1 Å². The van der Waals surface area contributed by atoms with E-state index in [1.54, 1.807) is 24.3 Å². The summed E-state index contributed by atoms with van der Waals surface area (Å²) in [6.45, 7) is 1.84. The third kappa shape index (κ3) is 4.13. The molecule has 0 aliphatic carbocycles. The molecule has 1 amide bonds. The third-order valence-corrected chi connectivity index (χ3v) is 6.82. The molecule has 7 nitrogen and oxygen atoms in total. The van der Waals surface area contributed by atoms with E-state index in [4.69, 9.17) is 11.6 Å². The van der Waals surface area contributed by atoms with Gasteiger partial charge in [-0.2, -0.15) is 5.10 Å². The van der Waals surface area contributed by atoms with E-state index in [1.165, 1.54) is 0 Å². The zero-order valence-corrected chi connectivity index (χ0v) is 21.0. The first kappa shape index (κ1) is 22.9. The average Bonchev–Trinajstić information content (AvgIpc) is 3.56. The van der Waals surface area contributed by atoms with Crippen molar-refractivity contribution in [3.63, 3.8) is 0 Å². The molecule has 8 heteroatoms. The number of rotatable bonds is 5. The van der Waals surface area contributed by atoms with E-state index in [-0.39, 0.29) is 5.91 Å². The molecule has 0 fully saturated rings. The van der Waals surface area contributed by atoms with Gasteiger partial charge < -0.3 is 4.98 Å². The van der Waals surface area contributed by atoms with E-state index in [2.05, 4.69) is 55.5 Å². The number of aromatic nitrogens is 5. The molecule has 6 rings (SSSR count). The average molecular weight is 507 g/mol. The Kier molecular flexibility index (Phi) is 5.70. The monoisotopic (exact) mass is 506 g/mol. The van der Waals surface area contributed by atoms with Crippen LogP contribution in [0.2, 0.25) is 5.02 Å². The van der Waals surface area contributed by atoms with Crippen LogP contribution in [-0.2, 0) is 4.79 Å². The first-order valence-corrected chi connectivity index (χ1v) is 12.3. The second-order valence-corrected chi connectivity index (χ2v) is 9.30. The number of anilines is 1. The van der Waals surface area contributed by atoms with Crippen LogP contribution >= 0.6 is 11.6 Å². The fourth-order valence-corrected chi connectivity index (χ4v) is 4.77. The fraction of sp³-hybridized carbons (Fsp3) is 0.103. The van der Waals surface area contributed by atoms with Crippen LogP contribution in [0, 0.1) is 0 Å². The summed E-state index contributed by atoms with van der Waals surface area (Å²) in [5, 5.41) is 10.3. The van der Waals surface area contributed by atoms with Crippen LogP contribution in [0.3, 0.4) is 0 Å². The van der Waals surface area contributed by atoms with Gasteiger partial charge in [0.15, 0.2) is 5.65 Å². The lowest BCUT2D eigenvalue weighted by Gasteiger charge is -2.15. The number of nitrogens with zero attached hydrogens (tertiary/aromatic N) is 4. The normalized spacial score (nSPS) is 11.3. The highest BCUT2D eigenvalue weighted by Crippen LogP contribution is 2.35. The molecule has 4 heterocycles. The van der Waals surface area contributed by atoms with E-state index in [0.717, 1.165) is 49.9 Å². The SMILES string of the molecule is CCC(=O)N(C)c1ccc(-c2cnc3n[nH]c(-c4cc5c(-c6cccc(Cl)c6)cccc5[nH]4)c3c2)cn1.